The number of methoxy groups -OCH3 is 1. The summed E-state index contributed by atoms with van der Waals surface area (Å²) in [6.07, 6.45) is -0.259. The Labute approximate surface area is 166 Å². The van der Waals surface area contributed by atoms with Crippen LogP contribution < -0.4 is 20.1 Å². The van der Waals surface area contributed by atoms with Crippen LogP contribution in [-0.2, 0) is 19.4 Å². The van der Waals surface area contributed by atoms with Gasteiger partial charge in [-0.25, -0.2) is 8.42 Å². The maximum Gasteiger partial charge on any atom is 0.262 e. The zero-order chi connectivity index (χ0) is 20.3. The molecule has 1 aliphatic rings. The molecule has 2 amide bonds. The molecule has 0 bridgehead atoms. The van der Waals surface area contributed by atoms with Gasteiger partial charge in [-0.05, 0) is 18.2 Å². The third-order valence-corrected chi connectivity index (χ3v) is 6.13. The number of hydrogen-bond donors (Lipinski definition) is 2. The molecule has 2 aromatic rings. The molecule has 3 rings (SSSR count). The highest BCUT2D eigenvalue weighted by molar-refractivity contribution is 7.91. The summed E-state index contributed by atoms with van der Waals surface area (Å²) < 4.78 is 35.6. The zero-order valence-electron chi connectivity index (χ0n) is 14.8. The lowest BCUT2D eigenvalue weighted by Crippen LogP contribution is -2.25. The molecule has 2 N–H and O–H groups in total. The van der Waals surface area contributed by atoms with Crippen molar-refractivity contribution < 1.29 is 27.5 Å². The molecule has 0 atom stereocenters. The van der Waals surface area contributed by atoms with Crippen LogP contribution in [0.5, 0.6) is 11.5 Å². The van der Waals surface area contributed by atoms with Gasteiger partial charge in [-0.1, -0.05) is 17.7 Å². The van der Waals surface area contributed by atoms with Gasteiger partial charge in [-0.15, -0.1) is 0 Å². The van der Waals surface area contributed by atoms with E-state index >= 15 is 0 Å². The first-order valence-electron chi connectivity index (χ1n) is 8.21. The second-order valence-corrected chi connectivity index (χ2v) is 8.45. The Morgan fingerprint density at radius 2 is 2.11 bits per heavy atom. The first kappa shape index (κ1) is 20.0. The van der Waals surface area contributed by atoms with Crippen LogP contribution in [0.25, 0.3) is 0 Å². The van der Waals surface area contributed by atoms with Crippen LogP contribution in [0.1, 0.15) is 6.42 Å². The van der Waals surface area contributed by atoms with Crippen molar-refractivity contribution in [2.45, 2.75) is 11.3 Å². The summed E-state index contributed by atoms with van der Waals surface area (Å²) in [5, 5.41) is 5.11. The number of halogens is 1. The van der Waals surface area contributed by atoms with Gasteiger partial charge in [-0.2, -0.15) is 0 Å². The topological polar surface area (TPSA) is 111 Å². The fraction of sp³-hybridized carbons (Fsp3) is 0.222. The van der Waals surface area contributed by atoms with Crippen molar-refractivity contribution in [1.29, 1.82) is 0 Å². The van der Waals surface area contributed by atoms with E-state index in [1.165, 1.54) is 19.2 Å². The number of hydrogen-bond acceptors (Lipinski definition) is 6. The average Bonchev–Trinajstić information content (AvgIpc) is 2.66. The number of carbonyl (C=O) groups is 2. The van der Waals surface area contributed by atoms with E-state index in [1.807, 2.05) is 0 Å². The van der Waals surface area contributed by atoms with Crippen molar-refractivity contribution in [3.05, 3.63) is 41.4 Å². The number of anilines is 2. The standard InChI is InChI=1S/C18H17ClN2O6S/c1-26-12-4-2-3-11(7-12)20-17(22)5-6-28(24,25)16-9-15-14(8-13(16)19)21-18(23)10-27-15/h2-4,7-9H,5-6,10H2,1H3,(H,20,22)(H,21,23). The predicted molar refractivity (Wildman–Crippen MR) is 104 cm³/mol. The third-order valence-electron chi connectivity index (χ3n) is 3.95. The smallest absolute Gasteiger partial charge is 0.262 e. The average molecular weight is 425 g/mol. The Morgan fingerprint density at radius 3 is 2.86 bits per heavy atom. The number of rotatable bonds is 6. The van der Waals surface area contributed by atoms with E-state index in [9.17, 15) is 18.0 Å². The second kappa shape index (κ2) is 8.07. The third kappa shape index (κ3) is 4.55. The maximum absolute atomic E-state index is 12.6. The van der Waals surface area contributed by atoms with Crippen LogP contribution in [0.4, 0.5) is 11.4 Å². The van der Waals surface area contributed by atoms with E-state index in [-0.39, 0.29) is 34.6 Å². The van der Waals surface area contributed by atoms with E-state index in [0.29, 0.717) is 17.1 Å². The zero-order valence-corrected chi connectivity index (χ0v) is 16.4. The molecular weight excluding hydrogens is 408 g/mol. The minimum absolute atomic E-state index is 0.0576. The predicted octanol–water partition coefficient (Wildman–Crippen LogP) is 2.48. The molecule has 148 valence electrons. The number of sulfone groups is 1. The summed E-state index contributed by atoms with van der Waals surface area (Å²) in [4.78, 5) is 23.3. The van der Waals surface area contributed by atoms with Gasteiger partial charge in [0.15, 0.2) is 16.4 Å². The lowest BCUT2D eigenvalue weighted by atomic mass is 10.2. The molecule has 0 aromatic heterocycles. The van der Waals surface area contributed by atoms with Crippen molar-refractivity contribution in [3.63, 3.8) is 0 Å². The summed E-state index contributed by atoms with van der Waals surface area (Å²) in [7, 11) is -2.34. The lowest BCUT2D eigenvalue weighted by molar-refractivity contribution is -0.118. The van der Waals surface area contributed by atoms with Gasteiger partial charge in [0, 0.05) is 24.2 Å². The van der Waals surface area contributed by atoms with Gasteiger partial charge in [0.05, 0.1) is 28.5 Å². The molecule has 0 unspecified atom stereocenters. The first-order valence-corrected chi connectivity index (χ1v) is 10.2. The van der Waals surface area contributed by atoms with Gasteiger partial charge in [0.1, 0.15) is 11.5 Å². The van der Waals surface area contributed by atoms with Crippen LogP contribution in [0.3, 0.4) is 0 Å². The fourth-order valence-electron chi connectivity index (χ4n) is 2.58. The number of carbonyl (C=O) groups excluding carboxylic acids is 2. The molecule has 0 spiro atoms. The SMILES string of the molecule is COc1cccc(NC(=O)CCS(=O)(=O)c2cc3c(cc2Cl)NC(=O)CO3)c1. The quantitative estimate of drug-likeness (QED) is 0.737. The molecule has 2 aromatic carbocycles. The van der Waals surface area contributed by atoms with Crippen molar-refractivity contribution in [2.75, 3.05) is 30.1 Å². The van der Waals surface area contributed by atoms with E-state index < -0.39 is 21.5 Å². The minimum Gasteiger partial charge on any atom is -0.497 e. The highest BCUT2D eigenvalue weighted by Crippen LogP contribution is 2.36. The Hall–Kier alpha value is -2.78. The van der Waals surface area contributed by atoms with Gasteiger partial charge in [-0.3, -0.25) is 9.59 Å². The highest BCUT2D eigenvalue weighted by atomic mass is 35.5. The van der Waals surface area contributed by atoms with E-state index in [2.05, 4.69) is 10.6 Å². The summed E-state index contributed by atoms with van der Waals surface area (Å²) >= 11 is 6.07. The van der Waals surface area contributed by atoms with Crippen molar-refractivity contribution in [3.8, 4) is 11.5 Å². The summed E-state index contributed by atoms with van der Waals surface area (Å²) in [6, 6.07) is 9.29. The largest absolute Gasteiger partial charge is 0.497 e. The Morgan fingerprint density at radius 1 is 1.32 bits per heavy atom. The Balaban J connectivity index is 1.70. The molecule has 0 saturated carbocycles. The lowest BCUT2D eigenvalue weighted by Gasteiger charge is -2.19. The second-order valence-electron chi connectivity index (χ2n) is 5.96. The van der Waals surface area contributed by atoms with Crippen LogP contribution in [0.2, 0.25) is 5.02 Å². The molecule has 1 aliphatic heterocycles. The van der Waals surface area contributed by atoms with Crippen LogP contribution in [0.15, 0.2) is 41.3 Å². The molecule has 0 fully saturated rings. The number of ether oxygens (including phenoxy) is 2. The molecule has 28 heavy (non-hydrogen) atoms. The van der Waals surface area contributed by atoms with Crippen molar-refractivity contribution in [1.82, 2.24) is 0 Å². The normalized spacial score (nSPS) is 13.1. The highest BCUT2D eigenvalue weighted by Gasteiger charge is 2.25. The molecule has 0 radical (unpaired) electrons. The van der Waals surface area contributed by atoms with E-state index in [1.54, 1.807) is 24.3 Å². The Bertz CT molecular complexity index is 1040. The molecule has 8 nitrogen and oxygen atoms in total. The number of amides is 2. The van der Waals surface area contributed by atoms with Crippen LogP contribution >= 0.6 is 11.6 Å². The van der Waals surface area contributed by atoms with Crippen LogP contribution in [-0.4, -0.2) is 39.7 Å². The molecule has 0 saturated heterocycles. The number of benzene rings is 2. The number of fused-ring (bicyclic) bond motifs is 1. The van der Waals surface area contributed by atoms with Gasteiger partial charge in [0.2, 0.25) is 5.91 Å². The minimum atomic E-state index is -3.85. The Kier molecular flexibility index (Phi) is 5.76. The summed E-state index contributed by atoms with van der Waals surface area (Å²) in [5.41, 5.74) is 0.800. The van der Waals surface area contributed by atoms with Gasteiger partial charge < -0.3 is 20.1 Å². The maximum atomic E-state index is 12.6. The fourth-order valence-corrected chi connectivity index (χ4v) is 4.41. The van der Waals surface area contributed by atoms with E-state index in [0.717, 1.165) is 0 Å². The van der Waals surface area contributed by atoms with Crippen LogP contribution in [0, 0.1) is 0 Å². The van der Waals surface area contributed by atoms with Crippen molar-refractivity contribution in [2.24, 2.45) is 0 Å². The molecule has 10 heteroatoms. The monoisotopic (exact) mass is 424 g/mol. The molecule has 1 heterocycles. The van der Waals surface area contributed by atoms with Gasteiger partial charge >= 0.3 is 0 Å². The van der Waals surface area contributed by atoms with E-state index in [4.69, 9.17) is 21.1 Å². The van der Waals surface area contributed by atoms with Crippen molar-refractivity contribution >= 4 is 44.6 Å². The molecular formula is C18H17ClN2O6S. The number of nitrogens with one attached hydrogen (secondary N) is 2. The summed E-state index contributed by atoms with van der Waals surface area (Å²) in [5.74, 6) is -0.474. The summed E-state index contributed by atoms with van der Waals surface area (Å²) in [6.45, 7) is -0.211. The van der Waals surface area contributed by atoms with Gasteiger partial charge in [0.25, 0.3) is 5.91 Å². The first-order chi connectivity index (χ1) is 13.3. The molecule has 0 aliphatic carbocycles.